The van der Waals surface area contributed by atoms with Crippen molar-refractivity contribution in [1.29, 1.82) is 0 Å². The fraction of sp³-hybridized carbons (Fsp3) is 0.533. The second-order valence-corrected chi connectivity index (χ2v) is 5.34. The highest BCUT2D eigenvalue weighted by atomic mass is 16.3. The van der Waals surface area contributed by atoms with E-state index in [1.54, 1.807) is 25.2 Å². The molecule has 1 amide bonds. The Bertz CT molecular complexity index is 476. The second kappa shape index (κ2) is 6.61. The molecule has 1 fully saturated rings. The average molecular weight is 277 g/mol. The number of carbonyl (C=O) groups is 1. The number of rotatable bonds is 3. The van der Waals surface area contributed by atoms with Crippen LogP contribution < -0.4 is 16.4 Å². The monoisotopic (exact) mass is 277 g/mol. The van der Waals surface area contributed by atoms with E-state index in [-0.39, 0.29) is 18.1 Å². The molecule has 5 nitrogen and oxygen atoms in total. The molecule has 0 heterocycles. The highest BCUT2D eigenvalue weighted by molar-refractivity contribution is 5.96. The summed E-state index contributed by atoms with van der Waals surface area (Å²) in [6.07, 6.45) is 4.69. The summed E-state index contributed by atoms with van der Waals surface area (Å²) in [4.78, 5) is 11.7. The minimum absolute atomic E-state index is 0.000243. The predicted molar refractivity (Wildman–Crippen MR) is 80.7 cm³/mol. The van der Waals surface area contributed by atoms with Crippen molar-refractivity contribution < 1.29 is 9.90 Å². The first kappa shape index (κ1) is 14.7. The van der Waals surface area contributed by atoms with Crippen molar-refractivity contribution in [1.82, 2.24) is 5.32 Å². The van der Waals surface area contributed by atoms with E-state index in [2.05, 4.69) is 10.6 Å². The summed E-state index contributed by atoms with van der Waals surface area (Å²) in [5.74, 6) is -0.144. The molecule has 2 atom stereocenters. The molecule has 0 aliphatic heterocycles. The Morgan fingerprint density at radius 2 is 2.05 bits per heavy atom. The van der Waals surface area contributed by atoms with Crippen LogP contribution in [0.3, 0.4) is 0 Å². The van der Waals surface area contributed by atoms with Gasteiger partial charge in [0.1, 0.15) is 0 Å². The molecule has 1 aliphatic carbocycles. The third-order valence-electron chi connectivity index (χ3n) is 3.86. The van der Waals surface area contributed by atoms with E-state index in [0.29, 0.717) is 11.3 Å². The lowest BCUT2D eigenvalue weighted by atomic mass is 10.0. The number of hydrogen-bond acceptors (Lipinski definition) is 4. The zero-order valence-electron chi connectivity index (χ0n) is 11.9. The number of anilines is 2. The molecule has 110 valence electrons. The number of carbonyl (C=O) groups excluding carboxylic acids is 1. The van der Waals surface area contributed by atoms with Crippen molar-refractivity contribution in [3.05, 3.63) is 23.8 Å². The Hall–Kier alpha value is -1.75. The van der Waals surface area contributed by atoms with Gasteiger partial charge in [-0.15, -0.1) is 0 Å². The lowest BCUT2D eigenvalue weighted by Gasteiger charge is -2.24. The molecule has 1 saturated carbocycles. The standard InChI is InChI=1S/C15H23N3O2/c1-17-15(20)10-7-8-11(16)13(9-10)18-12-5-3-2-4-6-14(12)19/h7-9,12,14,18-19H,2-6,16H2,1H3,(H,17,20). The first-order valence-electron chi connectivity index (χ1n) is 7.18. The topological polar surface area (TPSA) is 87.4 Å². The Morgan fingerprint density at radius 3 is 2.80 bits per heavy atom. The predicted octanol–water partition coefficient (Wildman–Crippen LogP) is 1.73. The largest absolute Gasteiger partial charge is 0.397 e. The molecule has 1 aromatic carbocycles. The maximum absolute atomic E-state index is 11.7. The van der Waals surface area contributed by atoms with Gasteiger partial charge in [-0.05, 0) is 31.0 Å². The van der Waals surface area contributed by atoms with Crippen LogP contribution in [0.4, 0.5) is 11.4 Å². The molecule has 0 aromatic heterocycles. The van der Waals surface area contributed by atoms with Crippen molar-refractivity contribution in [3.8, 4) is 0 Å². The number of amides is 1. The number of nitrogens with one attached hydrogen (secondary N) is 2. The summed E-state index contributed by atoms with van der Waals surface area (Å²) in [5.41, 5.74) is 7.83. The summed E-state index contributed by atoms with van der Waals surface area (Å²) in [6.45, 7) is 0. The second-order valence-electron chi connectivity index (χ2n) is 5.34. The number of aliphatic hydroxyl groups excluding tert-OH is 1. The molecule has 0 bridgehead atoms. The van der Waals surface area contributed by atoms with Gasteiger partial charge in [-0.1, -0.05) is 19.3 Å². The molecular weight excluding hydrogens is 254 g/mol. The molecule has 5 heteroatoms. The number of nitrogens with two attached hydrogens (primary N) is 1. The molecule has 5 N–H and O–H groups in total. The third-order valence-corrected chi connectivity index (χ3v) is 3.86. The zero-order valence-corrected chi connectivity index (χ0v) is 11.9. The fourth-order valence-corrected chi connectivity index (χ4v) is 2.62. The van der Waals surface area contributed by atoms with E-state index in [0.717, 1.165) is 37.8 Å². The zero-order chi connectivity index (χ0) is 14.5. The van der Waals surface area contributed by atoms with Crippen LogP contribution in [-0.4, -0.2) is 30.2 Å². The molecule has 0 spiro atoms. The minimum Gasteiger partial charge on any atom is -0.397 e. The lowest BCUT2D eigenvalue weighted by molar-refractivity contribution is 0.0963. The molecule has 0 saturated heterocycles. The van der Waals surface area contributed by atoms with E-state index in [1.807, 2.05) is 0 Å². The molecular formula is C15H23N3O2. The lowest BCUT2D eigenvalue weighted by Crippen LogP contribution is -2.32. The van der Waals surface area contributed by atoms with E-state index in [9.17, 15) is 9.90 Å². The average Bonchev–Trinajstić information content (AvgIpc) is 2.65. The molecule has 20 heavy (non-hydrogen) atoms. The Labute approximate surface area is 119 Å². The van der Waals surface area contributed by atoms with Crippen molar-refractivity contribution in [2.75, 3.05) is 18.1 Å². The molecule has 0 radical (unpaired) electrons. The number of aliphatic hydroxyl groups is 1. The first-order chi connectivity index (χ1) is 9.61. The van der Waals surface area contributed by atoms with Crippen LogP contribution in [0.2, 0.25) is 0 Å². The molecule has 1 aliphatic rings. The summed E-state index contributed by atoms with van der Waals surface area (Å²) >= 11 is 0. The van der Waals surface area contributed by atoms with Gasteiger partial charge in [0.05, 0.1) is 23.5 Å². The van der Waals surface area contributed by atoms with Crippen LogP contribution in [0, 0.1) is 0 Å². The van der Waals surface area contributed by atoms with Gasteiger partial charge in [-0.25, -0.2) is 0 Å². The Morgan fingerprint density at radius 1 is 1.30 bits per heavy atom. The normalized spacial score (nSPS) is 22.9. The SMILES string of the molecule is CNC(=O)c1ccc(N)c(NC2CCCCCC2O)c1. The van der Waals surface area contributed by atoms with Crippen molar-refractivity contribution in [2.45, 2.75) is 44.2 Å². The maximum atomic E-state index is 11.7. The summed E-state index contributed by atoms with van der Waals surface area (Å²) in [6, 6.07) is 5.16. The summed E-state index contributed by atoms with van der Waals surface area (Å²) < 4.78 is 0. The number of hydrogen-bond donors (Lipinski definition) is 4. The van der Waals surface area contributed by atoms with Gasteiger partial charge in [0.25, 0.3) is 5.91 Å². The van der Waals surface area contributed by atoms with Crippen LogP contribution in [0.5, 0.6) is 0 Å². The van der Waals surface area contributed by atoms with Crippen LogP contribution in [0.25, 0.3) is 0 Å². The molecule has 1 aromatic rings. The minimum atomic E-state index is -0.361. The Kier molecular flexibility index (Phi) is 4.84. The van der Waals surface area contributed by atoms with Crippen molar-refractivity contribution >= 4 is 17.3 Å². The highest BCUT2D eigenvalue weighted by Gasteiger charge is 2.22. The maximum Gasteiger partial charge on any atom is 0.251 e. The third kappa shape index (κ3) is 3.42. The fourth-order valence-electron chi connectivity index (χ4n) is 2.62. The highest BCUT2D eigenvalue weighted by Crippen LogP contribution is 2.26. The number of nitrogen functional groups attached to an aromatic ring is 1. The van der Waals surface area contributed by atoms with Gasteiger partial charge in [0.15, 0.2) is 0 Å². The van der Waals surface area contributed by atoms with Gasteiger partial charge in [0.2, 0.25) is 0 Å². The van der Waals surface area contributed by atoms with E-state index < -0.39 is 0 Å². The number of benzene rings is 1. The van der Waals surface area contributed by atoms with E-state index in [4.69, 9.17) is 5.73 Å². The molecule has 2 unspecified atom stereocenters. The van der Waals surface area contributed by atoms with E-state index >= 15 is 0 Å². The quantitative estimate of drug-likeness (QED) is 0.500. The Balaban J connectivity index is 2.16. The van der Waals surface area contributed by atoms with Crippen LogP contribution in [0.1, 0.15) is 42.5 Å². The van der Waals surface area contributed by atoms with Gasteiger partial charge in [-0.2, -0.15) is 0 Å². The van der Waals surface area contributed by atoms with Gasteiger partial charge < -0.3 is 21.5 Å². The first-order valence-corrected chi connectivity index (χ1v) is 7.18. The summed E-state index contributed by atoms with van der Waals surface area (Å²) in [5, 5.41) is 16.0. The van der Waals surface area contributed by atoms with Gasteiger partial charge in [-0.3, -0.25) is 4.79 Å². The van der Waals surface area contributed by atoms with Crippen LogP contribution in [0.15, 0.2) is 18.2 Å². The van der Waals surface area contributed by atoms with Gasteiger partial charge >= 0.3 is 0 Å². The smallest absolute Gasteiger partial charge is 0.251 e. The van der Waals surface area contributed by atoms with Crippen molar-refractivity contribution in [3.63, 3.8) is 0 Å². The van der Waals surface area contributed by atoms with Crippen LogP contribution >= 0.6 is 0 Å². The van der Waals surface area contributed by atoms with E-state index in [1.165, 1.54) is 0 Å². The van der Waals surface area contributed by atoms with Gasteiger partial charge in [0, 0.05) is 12.6 Å². The van der Waals surface area contributed by atoms with Crippen molar-refractivity contribution in [2.24, 2.45) is 0 Å². The molecule has 2 rings (SSSR count). The van der Waals surface area contributed by atoms with Crippen LogP contribution in [-0.2, 0) is 0 Å². The summed E-state index contributed by atoms with van der Waals surface area (Å²) in [7, 11) is 1.60.